The van der Waals surface area contributed by atoms with Crippen LogP contribution in [0.1, 0.15) is 5.56 Å². The molecule has 5 aromatic rings. The van der Waals surface area contributed by atoms with Crippen LogP contribution in [0, 0.1) is 6.92 Å². The maximum atomic E-state index is 12.9. The van der Waals surface area contributed by atoms with Crippen LogP contribution < -0.4 is 14.4 Å². The quantitative estimate of drug-likeness (QED) is 0.289. The lowest BCUT2D eigenvalue weighted by Gasteiger charge is -2.35. The number of anilines is 1. The largest absolute Gasteiger partial charge is 0.497 e. The summed E-state index contributed by atoms with van der Waals surface area (Å²) in [4.78, 5) is 26.5. The van der Waals surface area contributed by atoms with Gasteiger partial charge in [-0.25, -0.2) is 9.97 Å². The average Bonchev–Trinajstić information content (AvgIpc) is 3.41. The Morgan fingerprint density at radius 2 is 1.68 bits per heavy atom. The Balaban J connectivity index is 1.28. The molecule has 3 aromatic carbocycles. The number of amides is 1. The van der Waals surface area contributed by atoms with E-state index in [1.54, 1.807) is 13.4 Å². The highest BCUT2D eigenvalue weighted by atomic mass is 16.5. The minimum atomic E-state index is -0.00936. The maximum Gasteiger partial charge on any atom is 0.260 e. The maximum absolute atomic E-state index is 12.9. The number of aromatic nitrogens is 3. The highest BCUT2D eigenvalue weighted by Gasteiger charge is 2.26. The van der Waals surface area contributed by atoms with E-state index >= 15 is 0 Å². The van der Waals surface area contributed by atoms with Crippen molar-refractivity contribution in [1.82, 2.24) is 19.4 Å². The molecule has 0 radical (unpaired) electrons. The molecule has 2 aromatic heterocycles. The number of para-hydroxylation sites is 1. The van der Waals surface area contributed by atoms with E-state index in [1.807, 2.05) is 78.6 Å². The van der Waals surface area contributed by atoms with Crippen LogP contribution in [0.25, 0.3) is 27.8 Å². The van der Waals surface area contributed by atoms with Gasteiger partial charge in [0.25, 0.3) is 5.91 Å². The molecule has 0 N–H and O–H groups in total. The van der Waals surface area contributed by atoms with Gasteiger partial charge in [0.2, 0.25) is 0 Å². The molecule has 1 aliphatic heterocycles. The van der Waals surface area contributed by atoms with Crippen molar-refractivity contribution in [3.63, 3.8) is 0 Å². The number of carbonyl (C=O) groups is 1. The zero-order valence-electron chi connectivity index (χ0n) is 22.7. The number of aryl methyl sites for hydroxylation is 1. The fourth-order valence-electron chi connectivity index (χ4n) is 5.20. The molecular formula is C32H31N5O3. The molecule has 1 saturated heterocycles. The first-order valence-electron chi connectivity index (χ1n) is 13.4. The molecule has 0 unspecified atom stereocenters. The topological polar surface area (TPSA) is 72.7 Å². The summed E-state index contributed by atoms with van der Waals surface area (Å²) in [5.74, 6) is 2.38. The highest BCUT2D eigenvalue weighted by Crippen LogP contribution is 2.37. The molecule has 0 bridgehead atoms. The first-order valence-corrected chi connectivity index (χ1v) is 13.4. The molecule has 40 heavy (non-hydrogen) atoms. The van der Waals surface area contributed by atoms with Crippen LogP contribution in [0.15, 0.2) is 91.4 Å². The Morgan fingerprint density at radius 1 is 0.900 bits per heavy atom. The van der Waals surface area contributed by atoms with Crippen molar-refractivity contribution >= 4 is 22.8 Å². The fraction of sp³-hybridized carbons (Fsp3) is 0.219. The number of rotatable bonds is 7. The van der Waals surface area contributed by atoms with Gasteiger partial charge in [0.1, 0.15) is 23.6 Å². The molecule has 0 spiro atoms. The number of hydrogen-bond acceptors (Lipinski definition) is 6. The lowest BCUT2D eigenvalue weighted by molar-refractivity contribution is -0.133. The van der Waals surface area contributed by atoms with Crippen LogP contribution in [0.5, 0.6) is 11.5 Å². The van der Waals surface area contributed by atoms with E-state index < -0.39 is 0 Å². The highest BCUT2D eigenvalue weighted by molar-refractivity contribution is 6.02. The van der Waals surface area contributed by atoms with E-state index in [4.69, 9.17) is 19.4 Å². The molecule has 1 amide bonds. The second-order valence-corrected chi connectivity index (χ2v) is 9.80. The second kappa shape index (κ2) is 11.1. The number of fused-ring (bicyclic) bond motifs is 1. The van der Waals surface area contributed by atoms with Crippen molar-refractivity contribution in [2.45, 2.75) is 6.92 Å². The van der Waals surface area contributed by atoms with Gasteiger partial charge in [0, 0.05) is 44.0 Å². The van der Waals surface area contributed by atoms with Crippen molar-refractivity contribution in [3.8, 4) is 28.3 Å². The van der Waals surface area contributed by atoms with Gasteiger partial charge in [0.15, 0.2) is 12.3 Å². The summed E-state index contributed by atoms with van der Waals surface area (Å²) in [6.07, 6.45) is 3.74. The van der Waals surface area contributed by atoms with E-state index in [0.717, 1.165) is 50.7 Å². The van der Waals surface area contributed by atoms with Crippen LogP contribution in [0.2, 0.25) is 0 Å². The lowest BCUT2D eigenvalue weighted by atomic mass is 10.1. The SMILES string of the molecule is COc1cccc(-n2cc(-c3ccccc3)c3c(N4CCN(C(=O)COc5ccccc5C)CC4)ncnc32)c1. The van der Waals surface area contributed by atoms with E-state index in [2.05, 4.69) is 27.8 Å². The zero-order valence-corrected chi connectivity index (χ0v) is 22.7. The smallest absolute Gasteiger partial charge is 0.260 e. The molecule has 6 rings (SSSR count). The summed E-state index contributed by atoms with van der Waals surface area (Å²) in [5.41, 5.74) is 4.94. The van der Waals surface area contributed by atoms with Crippen LogP contribution in [-0.2, 0) is 4.79 Å². The molecular weight excluding hydrogens is 502 g/mol. The summed E-state index contributed by atoms with van der Waals surface area (Å²) in [6.45, 7) is 4.54. The zero-order chi connectivity index (χ0) is 27.5. The van der Waals surface area contributed by atoms with E-state index in [-0.39, 0.29) is 12.5 Å². The van der Waals surface area contributed by atoms with Gasteiger partial charge >= 0.3 is 0 Å². The Morgan fingerprint density at radius 3 is 2.45 bits per heavy atom. The van der Waals surface area contributed by atoms with Crippen molar-refractivity contribution in [1.29, 1.82) is 0 Å². The average molecular weight is 534 g/mol. The molecule has 3 heterocycles. The van der Waals surface area contributed by atoms with E-state index in [0.29, 0.717) is 26.2 Å². The van der Waals surface area contributed by atoms with Crippen molar-refractivity contribution in [3.05, 3.63) is 97.0 Å². The Kier molecular flexibility index (Phi) is 7.06. The van der Waals surface area contributed by atoms with E-state index in [9.17, 15) is 4.79 Å². The molecule has 8 nitrogen and oxygen atoms in total. The fourth-order valence-corrected chi connectivity index (χ4v) is 5.20. The summed E-state index contributed by atoms with van der Waals surface area (Å²) in [6, 6.07) is 26.0. The number of ether oxygens (including phenoxy) is 2. The Hall–Kier alpha value is -4.85. The summed E-state index contributed by atoms with van der Waals surface area (Å²) >= 11 is 0. The number of hydrogen-bond donors (Lipinski definition) is 0. The minimum absolute atomic E-state index is 0.00936. The molecule has 0 saturated carbocycles. The third-order valence-corrected chi connectivity index (χ3v) is 7.36. The molecule has 1 fully saturated rings. The van der Waals surface area contributed by atoms with Crippen molar-refractivity contribution in [2.75, 3.05) is 44.8 Å². The van der Waals surface area contributed by atoms with Crippen LogP contribution in [0.3, 0.4) is 0 Å². The van der Waals surface area contributed by atoms with Gasteiger partial charge < -0.3 is 23.8 Å². The third-order valence-electron chi connectivity index (χ3n) is 7.36. The van der Waals surface area contributed by atoms with Crippen molar-refractivity contribution < 1.29 is 14.3 Å². The standard InChI is InChI=1S/C32H31N5O3/c1-23-9-6-7-14-28(23)40-21-29(38)35-15-17-36(18-16-35)31-30-27(24-10-4-3-5-11-24)20-37(32(30)34-22-33-31)25-12-8-13-26(19-25)39-2/h3-14,19-20,22H,15-18,21H2,1-2H3. The van der Waals surface area contributed by atoms with Gasteiger partial charge in [0.05, 0.1) is 18.2 Å². The second-order valence-electron chi connectivity index (χ2n) is 9.80. The predicted molar refractivity (Wildman–Crippen MR) is 156 cm³/mol. The normalized spacial score (nSPS) is 13.4. The number of nitrogens with zero attached hydrogens (tertiary/aromatic N) is 5. The summed E-state index contributed by atoms with van der Waals surface area (Å²) in [7, 11) is 1.67. The lowest BCUT2D eigenvalue weighted by Crippen LogP contribution is -2.50. The number of carbonyl (C=O) groups excluding carboxylic acids is 1. The van der Waals surface area contributed by atoms with Gasteiger partial charge in [-0.15, -0.1) is 0 Å². The van der Waals surface area contributed by atoms with Crippen LogP contribution >= 0.6 is 0 Å². The van der Waals surface area contributed by atoms with Gasteiger partial charge in [-0.3, -0.25) is 4.79 Å². The molecule has 202 valence electrons. The minimum Gasteiger partial charge on any atom is -0.497 e. The van der Waals surface area contributed by atoms with E-state index in [1.165, 1.54) is 0 Å². The number of methoxy groups -OCH3 is 1. The summed E-state index contributed by atoms with van der Waals surface area (Å²) in [5, 5.41) is 0.985. The van der Waals surface area contributed by atoms with Gasteiger partial charge in [-0.2, -0.15) is 0 Å². The van der Waals surface area contributed by atoms with Gasteiger partial charge in [-0.1, -0.05) is 54.6 Å². The summed E-state index contributed by atoms with van der Waals surface area (Å²) < 4.78 is 13.4. The van der Waals surface area contributed by atoms with Gasteiger partial charge in [-0.05, 0) is 36.2 Å². The third kappa shape index (κ3) is 4.96. The monoisotopic (exact) mass is 533 g/mol. The molecule has 8 heteroatoms. The molecule has 1 aliphatic rings. The van der Waals surface area contributed by atoms with Crippen molar-refractivity contribution in [2.24, 2.45) is 0 Å². The predicted octanol–water partition coefficient (Wildman–Crippen LogP) is 5.13. The number of piperazine rings is 1. The Bertz CT molecular complexity index is 1640. The molecule has 0 atom stereocenters. The van der Waals surface area contributed by atoms with Crippen LogP contribution in [-0.4, -0.2) is 65.2 Å². The first-order chi connectivity index (χ1) is 19.6. The molecule has 0 aliphatic carbocycles. The Labute approximate surface area is 233 Å². The number of benzene rings is 3. The first kappa shape index (κ1) is 25.4. The van der Waals surface area contributed by atoms with Crippen LogP contribution in [0.4, 0.5) is 5.82 Å².